The Morgan fingerprint density at radius 1 is 0.612 bits per heavy atom. The van der Waals surface area contributed by atoms with E-state index in [1.807, 2.05) is 48.5 Å². The number of nitrogens with one attached hydrogen (secondary N) is 2. The molecule has 0 spiro atoms. The van der Waals surface area contributed by atoms with Gasteiger partial charge in [-0.2, -0.15) is 10.5 Å². The van der Waals surface area contributed by atoms with Crippen molar-refractivity contribution >= 4 is 41.4 Å². The van der Waals surface area contributed by atoms with Gasteiger partial charge in [-0.05, 0) is 86.2 Å². The summed E-state index contributed by atoms with van der Waals surface area (Å²) in [7, 11) is 0. The average molecular weight is 667 g/mol. The SMILES string of the molecule is C=C(C)C(=C)OCCOC(=O)/C(C#N)=C/c1ccc(NCCCCCNc2ccc(/C=C(\C#N)C(=O)OCCOC(=O)C(=C)C)cc2)cc1. The minimum absolute atomic E-state index is 0.0125. The average Bonchev–Trinajstić information content (AvgIpc) is 3.09. The normalized spacial score (nSPS) is 10.9. The van der Waals surface area contributed by atoms with Gasteiger partial charge in [-0.25, -0.2) is 14.4 Å². The number of carbonyl (C=O) groups is 3. The lowest BCUT2D eigenvalue weighted by Crippen LogP contribution is -2.15. The third-order valence-electron chi connectivity index (χ3n) is 6.60. The summed E-state index contributed by atoms with van der Waals surface area (Å²) in [6, 6.07) is 18.4. The minimum Gasteiger partial charge on any atom is -0.490 e. The number of benzene rings is 2. The fourth-order valence-electron chi connectivity index (χ4n) is 3.86. The summed E-state index contributed by atoms with van der Waals surface area (Å²) in [6.07, 6.45) is 5.84. The Kier molecular flexibility index (Phi) is 17.3. The topological polar surface area (TPSA) is 160 Å². The number of esters is 3. The Hall–Kier alpha value is -6.07. The number of nitriles is 2. The van der Waals surface area contributed by atoms with Crippen molar-refractivity contribution in [3.63, 3.8) is 0 Å². The van der Waals surface area contributed by atoms with Crippen LogP contribution in [0.3, 0.4) is 0 Å². The van der Waals surface area contributed by atoms with E-state index in [1.54, 1.807) is 19.1 Å². The van der Waals surface area contributed by atoms with Crippen LogP contribution < -0.4 is 10.6 Å². The fraction of sp³-hybridized carbons (Fsp3) is 0.289. The largest absolute Gasteiger partial charge is 0.490 e. The van der Waals surface area contributed by atoms with Crippen LogP contribution in [0, 0.1) is 22.7 Å². The fourth-order valence-corrected chi connectivity index (χ4v) is 3.86. The molecular formula is C38H42N4O7. The molecule has 0 aliphatic carbocycles. The summed E-state index contributed by atoms with van der Waals surface area (Å²) in [4.78, 5) is 35.8. The first kappa shape index (κ1) is 39.1. The van der Waals surface area contributed by atoms with Crippen LogP contribution in [0.5, 0.6) is 0 Å². The lowest BCUT2D eigenvalue weighted by Gasteiger charge is -2.09. The molecule has 11 nitrogen and oxygen atoms in total. The number of hydrogen-bond acceptors (Lipinski definition) is 11. The van der Waals surface area contributed by atoms with Gasteiger partial charge in [0, 0.05) is 30.0 Å². The van der Waals surface area contributed by atoms with Gasteiger partial charge in [-0.15, -0.1) is 0 Å². The number of ether oxygens (including phenoxy) is 4. The van der Waals surface area contributed by atoms with Gasteiger partial charge in [0.25, 0.3) is 0 Å². The van der Waals surface area contributed by atoms with Crippen LogP contribution in [0.25, 0.3) is 12.2 Å². The summed E-state index contributed by atoms with van der Waals surface area (Å²) >= 11 is 0. The molecule has 0 fully saturated rings. The third-order valence-corrected chi connectivity index (χ3v) is 6.60. The van der Waals surface area contributed by atoms with Crippen LogP contribution in [0.15, 0.2) is 96.3 Å². The van der Waals surface area contributed by atoms with E-state index in [0.717, 1.165) is 43.7 Å². The van der Waals surface area contributed by atoms with E-state index in [2.05, 4.69) is 30.4 Å². The van der Waals surface area contributed by atoms with Gasteiger partial charge < -0.3 is 29.6 Å². The molecule has 0 aliphatic rings. The molecule has 0 unspecified atom stereocenters. The van der Waals surface area contributed by atoms with Crippen molar-refractivity contribution in [3.05, 3.63) is 107 Å². The van der Waals surface area contributed by atoms with E-state index in [4.69, 9.17) is 18.9 Å². The van der Waals surface area contributed by atoms with Crippen molar-refractivity contribution in [2.75, 3.05) is 50.2 Å². The van der Waals surface area contributed by atoms with Crippen LogP contribution in [0.2, 0.25) is 0 Å². The second kappa shape index (κ2) is 21.7. The van der Waals surface area contributed by atoms with Gasteiger partial charge in [0.2, 0.25) is 0 Å². The molecule has 2 aromatic rings. The van der Waals surface area contributed by atoms with Gasteiger partial charge in [-0.1, -0.05) is 44.0 Å². The lowest BCUT2D eigenvalue weighted by molar-refractivity contribution is -0.147. The van der Waals surface area contributed by atoms with E-state index in [0.29, 0.717) is 22.5 Å². The van der Waals surface area contributed by atoms with Crippen LogP contribution in [0.1, 0.15) is 44.2 Å². The second-order valence-electron chi connectivity index (χ2n) is 10.7. The zero-order chi connectivity index (χ0) is 36.0. The van der Waals surface area contributed by atoms with E-state index in [1.165, 1.54) is 19.1 Å². The highest BCUT2D eigenvalue weighted by Gasteiger charge is 2.12. The van der Waals surface area contributed by atoms with Gasteiger partial charge in [0.15, 0.2) is 0 Å². The van der Waals surface area contributed by atoms with Crippen molar-refractivity contribution in [2.24, 2.45) is 0 Å². The van der Waals surface area contributed by atoms with Crippen molar-refractivity contribution in [1.82, 2.24) is 0 Å². The molecule has 11 heteroatoms. The van der Waals surface area contributed by atoms with Gasteiger partial charge in [0.1, 0.15) is 55.5 Å². The Morgan fingerprint density at radius 3 is 1.37 bits per heavy atom. The molecule has 0 amide bonds. The van der Waals surface area contributed by atoms with Crippen molar-refractivity contribution in [3.8, 4) is 12.1 Å². The Morgan fingerprint density at radius 2 is 1.00 bits per heavy atom. The summed E-state index contributed by atoms with van der Waals surface area (Å²) in [5, 5.41) is 25.5. The van der Waals surface area contributed by atoms with Crippen LogP contribution in [-0.2, 0) is 33.3 Å². The molecule has 256 valence electrons. The van der Waals surface area contributed by atoms with Gasteiger partial charge in [-0.3, -0.25) is 0 Å². The molecule has 0 aromatic heterocycles. The molecule has 0 atom stereocenters. The van der Waals surface area contributed by atoms with E-state index in [9.17, 15) is 24.9 Å². The van der Waals surface area contributed by atoms with Crippen LogP contribution >= 0.6 is 0 Å². The zero-order valence-corrected chi connectivity index (χ0v) is 28.0. The smallest absolute Gasteiger partial charge is 0.349 e. The number of nitrogens with zero attached hydrogens (tertiary/aromatic N) is 2. The summed E-state index contributed by atoms with van der Waals surface area (Å²) in [5.74, 6) is -1.68. The maximum Gasteiger partial charge on any atom is 0.349 e. The zero-order valence-electron chi connectivity index (χ0n) is 28.0. The Bertz CT molecular complexity index is 1500. The molecule has 2 rings (SSSR count). The molecule has 0 saturated carbocycles. The van der Waals surface area contributed by atoms with Gasteiger partial charge in [0.05, 0.1) is 0 Å². The monoisotopic (exact) mass is 666 g/mol. The first-order valence-corrected chi connectivity index (χ1v) is 15.6. The second-order valence-corrected chi connectivity index (χ2v) is 10.7. The maximum absolute atomic E-state index is 12.2. The predicted octanol–water partition coefficient (Wildman–Crippen LogP) is 6.51. The van der Waals surface area contributed by atoms with Crippen molar-refractivity contribution in [2.45, 2.75) is 33.1 Å². The van der Waals surface area contributed by atoms with E-state index >= 15 is 0 Å². The molecular weight excluding hydrogens is 624 g/mol. The maximum atomic E-state index is 12.2. The molecule has 49 heavy (non-hydrogen) atoms. The Labute approximate surface area is 287 Å². The first-order chi connectivity index (χ1) is 23.5. The van der Waals surface area contributed by atoms with Crippen LogP contribution in [-0.4, -0.2) is 57.4 Å². The molecule has 0 radical (unpaired) electrons. The molecule has 0 saturated heterocycles. The van der Waals surface area contributed by atoms with Crippen LogP contribution in [0.4, 0.5) is 11.4 Å². The minimum atomic E-state index is -0.798. The molecule has 0 aliphatic heterocycles. The standard InChI is InChI=1S/C38H42N4O7/c1-27(2)29(5)46-19-20-48-37(44)32(25-39)23-30-9-13-34(14-10-30)41-17-7-6-8-18-42-35-15-11-31(12-16-35)24-33(26-40)38(45)49-22-21-47-36(43)28(3)4/h9-16,23-24,41-42H,1,3,5-8,17-22H2,2,4H3/b32-23+,33-24+. The van der Waals surface area contributed by atoms with E-state index in [-0.39, 0.29) is 43.1 Å². The predicted molar refractivity (Wildman–Crippen MR) is 188 cm³/mol. The van der Waals surface area contributed by atoms with Gasteiger partial charge >= 0.3 is 17.9 Å². The summed E-state index contributed by atoms with van der Waals surface area (Å²) < 4.78 is 20.3. The number of unbranched alkanes of at least 4 members (excludes halogenated alkanes) is 2. The van der Waals surface area contributed by atoms with E-state index < -0.39 is 17.9 Å². The molecule has 2 N–H and O–H groups in total. The summed E-state index contributed by atoms with van der Waals surface area (Å²) in [5.41, 5.74) is 3.86. The quantitative estimate of drug-likeness (QED) is 0.0284. The van der Waals surface area contributed by atoms with Crippen molar-refractivity contribution in [1.29, 1.82) is 10.5 Å². The highest BCUT2D eigenvalue weighted by Crippen LogP contribution is 2.15. The third kappa shape index (κ3) is 15.4. The molecule has 0 bridgehead atoms. The number of rotatable bonds is 21. The number of allylic oxidation sites excluding steroid dienone is 1. The molecule has 2 aromatic carbocycles. The lowest BCUT2D eigenvalue weighted by atomic mass is 10.1. The summed E-state index contributed by atoms with van der Waals surface area (Å²) in [6.45, 7) is 15.5. The number of anilines is 2. The number of carbonyl (C=O) groups excluding carboxylic acids is 3. The highest BCUT2D eigenvalue weighted by molar-refractivity contribution is 5.98. The Balaban J connectivity index is 1.67. The van der Waals surface area contributed by atoms with Crippen molar-refractivity contribution < 1.29 is 33.3 Å². The number of hydrogen-bond donors (Lipinski definition) is 2. The molecule has 0 heterocycles. The highest BCUT2D eigenvalue weighted by atomic mass is 16.6. The first-order valence-electron chi connectivity index (χ1n) is 15.6.